The van der Waals surface area contributed by atoms with E-state index < -0.39 is 0 Å². The molecule has 1 aliphatic heterocycles. The molecule has 1 heterocycles. The van der Waals surface area contributed by atoms with E-state index in [1.54, 1.807) is 0 Å². The smallest absolute Gasteiger partial charge is 0.130 e. The molecule has 3 nitrogen and oxygen atoms in total. The molecule has 0 radical (unpaired) electrons. The number of aryl methyl sites for hydroxylation is 2. The number of hydrogen-bond donors (Lipinski definition) is 0. The van der Waals surface area contributed by atoms with E-state index in [2.05, 4.69) is 64.6 Å². The zero-order valence-electron chi connectivity index (χ0n) is 20.1. The van der Waals surface area contributed by atoms with Gasteiger partial charge in [-0.2, -0.15) is 0 Å². The Bertz CT molecular complexity index is 1130. The van der Waals surface area contributed by atoms with E-state index in [-0.39, 0.29) is 5.54 Å². The summed E-state index contributed by atoms with van der Waals surface area (Å²) in [7, 11) is 0. The van der Waals surface area contributed by atoms with Crippen molar-refractivity contribution < 1.29 is 4.74 Å². The van der Waals surface area contributed by atoms with Crippen LogP contribution in [-0.4, -0.2) is 18.3 Å². The van der Waals surface area contributed by atoms with Gasteiger partial charge in [-0.05, 0) is 112 Å². The molecule has 1 unspecified atom stereocenters. The summed E-state index contributed by atoms with van der Waals surface area (Å²) < 4.78 is 6.00. The van der Waals surface area contributed by atoms with Crippen molar-refractivity contribution >= 4 is 17.6 Å². The topological polar surface area (TPSA) is 24.8 Å². The van der Waals surface area contributed by atoms with Crippen LogP contribution < -0.4 is 9.64 Å². The van der Waals surface area contributed by atoms with E-state index in [1.807, 2.05) is 48.7 Å². The summed E-state index contributed by atoms with van der Waals surface area (Å²) in [6.45, 7) is 14.6. The number of aliphatic imine (C=N–C) groups is 1. The van der Waals surface area contributed by atoms with Gasteiger partial charge in [0.05, 0.1) is 5.69 Å². The van der Waals surface area contributed by atoms with Crippen LogP contribution in [-0.2, 0) is 0 Å². The molecule has 3 aromatic rings. The van der Waals surface area contributed by atoms with Gasteiger partial charge in [-0.1, -0.05) is 25.1 Å². The molecule has 0 saturated heterocycles. The average Bonchev–Trinajstić information content (AvgIpc) is 2.75. The molecule has 1 atom stereocenters. The first-order chi connectivity index (χ1) is 15.3. The van der Waals surface area contributed by atoms with Gasteiger partial charge in [0.2, 0.25) is 0 Å². The molecule has 0 saturated carbocycles. The lowest BCUT2D eigenvalue weighted by atomic mass is 9.79. The van der Waals surface area contributed by atoms with Crippen molar-refractivity contribution in [3.63, 3.8) is 0 Å². The molecule has 0 aromatic heterocycles. The molecule has 0 aliphatic carbocycles. The Kier molecular flexibility index (Phi) is 6.10. The molecule has 0 fully saturated rings. The lowest BCUT2D eigenvalue weighted by Crippen LogP contribution is -2.48. The third-order valence-corrected chi connectivity index (χ3v) is 6.60. The molecular weight excluding hydrogens is 392 g/mol. The highest BCUT2D eigenvalue weighted by atomic mass is 16.5. The molecule has 0 amide bonds. The van der Waals surface area contributed by atoms with Crippen molar-refractivity contribution in [2.75, 3.05) is 11.4 Å². The first-order valence-corrected chi connectivity index (χ1v) is 11.6. The van der Waals surface area contributed by atoms with E-state index in [4.69, 9.17) is 9.73 Å². The molecule has 0 N–H and O–H groups in total. The van der Waals surface area contributed by atoms with Crippen molar-refractivity contribution in [1.29, 1.82) is 0 Å². The van der Waals surface area contributed by atoms with Crippen molar-refractivity contribution in [3.05, 3.63) is 82.9 Å². The summed E-state index contributed by atoms with van der Waals surface area (Å²) in [5.74, 6) is 2.24. The molecule has 3 aromatic carbocycles. The van der Waals surface area contributed by atoms with Crippen LogP contribution in [0.4, 0.5) is 11.4 Å². The fourth-order valence-electron chi connectivity index (χ4n) is 4.93. The van der Waals surface area contributed by atoms with Crippen LogP contribution >= 0.6 is 0 Å². The Morgan fingerprint density at radius 2 is 1.75 bits per heavy atom. The van der Waals surface area contributed by atoms with Gasteiger partial charge >= 0.3 is 0 Å². The van der Waals surface area contributed by atoms with Gasteiger partial charge in [0.1, 0.15) is 11.5 Å². The Hall–Kier alpha value is -3.07. The van der Waals surface area contributed by atoms with Gasteiger partial charge in [0.25, 0.3) is 0 Å². The summed E-state index contributed by atoms with van der Waals surface area (Å²) in [6, 6.07) is 20.7. The number of para-hydroxylation sites is 1. The van der Waals surface area contributed by atoms with E-state index in [0.717, 1.165) is 35.7 Å². The maximum absolute atomic E-state index is 6.00. The SMILES string of the molecule is CCN1c2cc(C)c(C=Nc3ccc(Oc4ccccc4C)cc3)cc2C(C)CC1(C)C. The van der Waals surface area contributed by atoms with Crippen LogP contribution in [0.2, 0.25) is 0 Å². The standard InChI is InChI=1S/C29H34N2O/c1-7-31-27-16-21(3)23(17-26(27)22(4)18-29(31,5)6)19-30-24-12-14-25(15-13-24)32-28-11-9-8-10-20(28)2/h8-17,19,22H,7,18H2,1-6H3. The average molecular weight is 427 g/mol. The molecule has 4 rings (SSSR count). The zero-order chi connectivity index (χ0) is 22.9. The van der Waals surface area contributed by atoms with Crippen molar-refractivity contribution in [1.82, 2.24) is 0 Å². The lowest BCUT2D eigenvalue weighted by Gasteiger charge is -2.47. The third-order valence-electron chi connectivity index (χ3n) is 6.60. The van der Waals surface area contributed by atoms with Crippen LogP contribution in [0.3, 0.4) is 0 Å². The Labute approximate surface area is 192 Å². The Morgan fingerprint density at radius 3 is 2.44 bits per heavy atom. The van der Waals surface area contributed by atoms with E-state index in [9.17, 15) is 0 Å². The van der Waals surface area contributed by atoms with Crippen LogP contribution in [0.15, 0.2) is 65.7 Å². The van der Waals surface area contributed by atoms with Gasteiger partial charge in [-0.15, -0.1) is 0 Å². The minimum absolute atomic E-state index is 0.186. The fraction of sp³-hybridized carbons (Fsp3) is 0.345. The number of rotatable bonds is 5. The first kappa shape index (κ1) is 22.1. The summed E-state index contributed by atoms with van der Waals surface area (Å²) >= 11 is 0. The summed E-state index contributed by atoms with van der Waals surface area (Å²) in [5.41, 5.74) is 7.48. The number of benzene rings is 3. The monoisotopic (exact) mass is 426 g/mol. The maximum Gasteiger partial charge on any atom is 0.130 e. The van der Waals surface area contributed by atoms with Gasteiger partial charge < -0.3 is 9.64 Å². The predicted octanol–water partition coefficient (Wildman–Crippen LogP) is 7.96. The van der Waals surface area contributed by atoms with Crippen LogP contribution in [0.5, 0.6) is 11.5 Å². The molecule has 0 spiro atoms. The van der Waals surface area contributed by atoms with E-state index in [1.165, 1.54) is 22.4 Å². The Balaban J connectivity index is 1.55. The van der Waals surface area contributed by atoms with Crippen LogP contribution in [0.25, 0.3) is 0 Å². The quantitative estimate of drug-likeness (QED) is 0.387. The minimum atomic E-state index is 0.186. The van der Waals surface area contributed by atoms with Gasteiger partial charge in [0, 0.05) is 24.0 Å². The minimum Gasteiger partial charge on any atom is -0.457 e. The second kappa shape index (κ2) is 8.82. The highest BCUT2D eigenvalue weighted by Gasteiger charge is 2.35. The largest absolute Gasteiger partial charge is 0.457 e. The van der Waals surface area contributed by atoms with Crippen molar-refractivity contribution in [3.8, 4) is 11.5 Å². The highest BCUT2D eigenvalue weighted by Crippen LogP contribution is 2.44. The highest BCUT2D eigenvalue weighted by molar-refractivity contribution is 5.86. The zero-order valence-corrected chi connectivity index (χ0v) is 20.1. The summed E-state index contributed by atoms with van der Waals surface area (Å²) in [5, 5.41) is 0. The second-order valence-electron chi connectivity index (χ2n) is 9.55. The molecule has 32 heavy (non-hydrogen) atoms. The summed E-state index contributed by atoms with van der Waals surface area (Å²) in [4.78, 5) is 7.30. The predicted molar refractivity (Wildman–Crippen MR) is 136 cm³/mol. The van der Waals surface area contributed by atoms with Crippen molar-refractivity contribution in [2.45, 2.75) is 59.4 Å². The van der Waals surface area contributed by atoms with Crippen molar-refractivity contribution in [2.24, 2.45) is 4.99 Å². The number of ether oxygens (including phenoxy) is 1. The molecule has 0 bridgehead atoms. The van der Waals surface area contributed by atoms with Crippen LogP contribution in [0, 0.1) is 13.8 Å². The van der Waals surface area contributed by atoms with Gasteiger partial charge in [0.15, 0.2) is 0 Å². The molecule has 1 aliphatic rings. The molecule has 3 heteroatoms. The normalized spacial score (nSPS) is 17.4. The first-order valence-electron chi connectivity index (χ1n) is 11.6. The molecular formula is C29H34N2O. The maximum atomic E-state index is 6.00. The Morgan fingerprint density at radius 1 is 1.03 bits per heavy atom. The lowest BCUT2D eigenvalue weighted by molar-refractivity contribution is 0.381. The number of nitrogens with zero attached hydrogens (tertiary/aromatic N) is 2. The third kappa shape index (κ3) is 4.43. The van der Waals surface area contributed by atoms with Gasteiger partial charge in [-0.25, -0.2) is 0 Å². The fourth-order valence-corrected chi connectivity index (χ4v) is 4.93. The van der Waals surface area contributed by atoms with E-state index >= 15 is 0 Å². The molecule has 166 valence electrons. The number of hydrogen-bond acceptors (Lipinski definition) is 3. The van der Waals surface area contributed by atoms with Gasteiger partial charge in [-0.3, -0.25) is 4.99 Å². The second-order valence-corrected chi connectivity index (χ2v) is 9.55. The number of anilines is 1. The van der Waals surface area contributed by atoms with Crippen LogP contribution in [0.1, 0.15) is 62.3 Å². The number of fused-ring (bicyclic) bond motifs is 1. The van der Waals surface area contributed by atoms with E-state index in [0.29, 0.717) is 5.92 Å². The summed E-state index contributed by atoms with van der Waals surface area (Å²) in [6.07, 6.45) is 3.16.